The van der Waals surface area contributed by atoms with Crippen molar-refractivity contribution >= 4 is 15.9 Å². The van der Waals surface area contributed by atoms with Crippen molar-refractivity contribution in [1.29, 1.82) is 0 Å². The van der Waals surface area contributed by atoms with Crippen LogP contribution in [0.4, 0.5) is 0 Å². The van der Waals surface area contributed by atoms with Gasteiger partial charge in [-0.2, -0.15) is 0 Å². The minimum atomic E-state index is 0.351. The summed E-state index contributed by atoms with van der Waals surface area (Å²) in [4.78, 5) is 0. The summed E-state index contributed by atoms with van der Waals surface area (Å²) in [6.45, 7) is 4.61. The maximum atomic E-state index is 5.65. The number of halogens is 1. The quantitative estimate of drug-likeness (QED) is 0.783. The van der Waals surface area contributed by atoms with E-state index in [1.54, 1.807) is 7.11 Å². The molecule has 1 aromatic carbocycles. The van der Waals surface area contributed by atoms with E-state index >= 15 is 0 Å². The average Bonchev–Trinajstić information content (AvgIpc) is 2.45. The van der Waals surface area contributed by atoms with E-state index in [-0.39, 0.29) is 0 Å². The molecule has 19 heavy (non-hydrogen) atoms. The number of ether oxygens (including phenoxy) is 2. The molecule has 1 fully saturated rings. The molecule has 0 aliphatic carbocycles. The monoisotopic (exact) mass is 328 g/mol. The fraction of sp³-hybridized carbons (Fsp3) is 0.571. The van der Waals surface area contributed by atoms with Gasteiger partial charge in [-0.3, -0.25) is 0 Å². The van der Waals surface area contributed by atoms with Crippen LogP contribution in [-0.2, 0) is 11.3 Å². The molecule has 1 aromatic rings. The Labute approximate surface area is 123 Å². The van der Waals surface area contributed by atoms with Crippen LogP contribution in [0.1, 0.15) is 12.0 Å². The molecule has 2 rings (SSSR count). The predicted octanol–water partition coefficient (Wildman–Crippen LogP) is 1.93. The van der Waals surface area contributed by atoms with Gasteiger partial charge in [0.25, 0.3) is 0 Å². The molecule has 1 unspecified atom stereocenters. The molecule has 4 nitrogen and oxygen atoms in total. The summed E-state index contributed by atoms with van der Waals surface area (Å²) in [5.74, 6) is 0.866. The van der Waals surface area contributed by atoms with E-state index in [9.17, 15) is 0 Å². The Morgan fingerprint density at radius 1 is 1.53 bits per heavy atom. The van der Waals surface area contributed by atoms with E-state index in [2.05, 4.69) is 38.7 Å². The van der Waals surface area contributed by atoms with Gasteiger partial charge in [-0.25, -0.2) is 0 Å². The molecule has 1 aliphatic heterocycles. The van der Waals surface area contributed by atoms with Crippen LogP contribution in [0.5, 0.6) is 5.75 Å². The van der Waals surface area contributed by atoms with E-state index in [0.29, 0.717) is 6.10 Å². The molecular formula is C14H21BrN2O2. The third-order valence-electron chi connectivity index (χ3n) is 3.19. The number of morpholine rings is 1. The highest BCUT2D eigenvalue weighted by molar-refractivity contribution is 9.10. The minimum Gasteiger partial charge on any atom is -0.496 e. The second kappa shape index (κ2) is 7.85. The zero-order valence-electron chi connectivity index (χ0n) is 11.2. The molecule has 0 amide bonds. The van der Waals surface area contributed by atoms with Gasteiger partial charge in [0.05, 0.1) is 24.3 Å². The lowest BCUT2D eigenvalue weighted by Crippen LogP contribution is -2.39. The van der Waals surface area contributed by atoms with Crippen LogP contribution >= 0.6 is 15.9 Å². The maximum Gasteiger partial charge on any atom is 0.133 e. The summed E-state index contributed by atoms with van der Waals surface area (Å²) in [6.07, 6.45) is 1.40. The topological polar surface area (TPSA) is 42.5 Å². The SMILES string of the molecule is COc1ccc(CNCCC2CNCCO2)cc1Br. The first-order valence-corrected chi connectivity index (χ1v) is 7.44. The molecule has 0 saturated carbocycles. The first kappa shape index (κ1) is 14.8. The lowest BCUT2D eigenvalue weighted by molar-refractivity contribution is 0.0238. The second-order valence-electron chi connectivity index (χ2n) is 4.63. The predicted molar refractivity (Wildman–Crippen MR) is 79.6 cm³/mol. The number of methoxy groups -OCH3 is 1. The van der Waals surface area contributed by atoms with E-state index in [1.165, 1.54) is 5.56 Å². The van der Waals surface area contributed by atoms with Gasteiger partial charge in [0.2, 0.25) is 0 Å². The lowest BCUT2D eigenvalue weighted by Gasteiger charge is -2.23. The van der Waals surface area contributed by atoms with Crippen molar-refractivity contribution in [3.8, 4) is 5.75 Å². The summed E-state index contributed by atoms with van der Waals surface area (Å²) in [5.41, 5.74) is 1.25. The Bertz CT molecular complexity index is 395. The molecule has 1 saturated heterocycles. The lowest BCUT2D eigenvalue weighted by atomic mass is 10.2. The smallest absolute Gasteiger partial charge is 0.133 e. The first-order valence-electron chi connectivity index (χ1n) is 6.65. The van der Waals surface area contributed by atoms with Crippen LogP contribution in [-0.4, -0.2) is 39.5 Å². The molecular weight excluding hydrogens is 308 g/mol. The van der Waals surface area contributed by atoms with Crippen LogP contribution in [0.15, 0.2) is 22.7 Å². The van der Waals surface area contributed by atoms with Crippen LogP contribution in [0.25, 0.3) is 0 Å². The van der Waals surface area contributed by atoms with Gasteiger partial charge in [0, 0.05) is 19.6 Å². The van der Waals surface area contributed by atoms with E-state index in [0.717, 1.165) is 49.4 Å². The molecule has 0 aromatic heterocycles. The third-order valence-corrected chi connectivity index (χ3v) is 3.81. The van der Waals surface area contributed by atoms with Crippen LogP contribution in [0.3, 0.4) is 0 Å². The van der Waals surface area contributed by atoms with Gasteiger partial charge in [0.1, 0.15) is 5.75 Å². The van der Waals surface area contributed by atoms with Crippen LogP contribution in [0.2, 0.25) is 0 Å². The summed E-state index contributed by atoms with van der Waals surface area (Å²) >= 11 is 3.50. The van der Waals surface area contributed by atoms with Crippen molar-refractivity contribution in [1.82, 2.24) is 10.6 Å². The minimum absolute atomic E-state index is 0.351. The van der Waals surface area contributed by atoms with Gasteiger partial charge >= 0.3 is 0 Å². The molecule has 0 spiro atoms. The molecule has 0 bridgehead atoms. The van der Waals surface area contributed by atoms with Crippen molar-refractivity contribution in [3.05, 3.63) is 28.2 Å². The standard InChI is InChI=1S/C14H21BrN2O2/c1-18-14-3-2-11(8-13(14)15)9-16-5-4-12-10-17-6-7-19-12/h2-3,8,12,16-17H,4-7,9-10H2,1H3. The Balaban J connectivity index is 1.69. The van der Waals surface area contributed by atoms with E-state index < -0.39 is 0 Å². The molecule has 1 atom stereocenters. The molecule has 106 valence electrons. The number of hydrogen-bond donors (Lipinski definition) is 2. The second-order valence-corrected chi connectivity index (χ2v) is 5.49. The summed E-state index contributed by atoms with van der Waals surface area (Å²) in [7, 11) is 1.68. The molecule has 0 radical (unpaired) electrons. The van der Waals surface area contributed by atoms with E-state index in [4.69, 9.17) is 9.47 Å². The first-order chi connectivity index (χ1) is 9.29. The summed E-state index contributed by atoms with van der Waals surface area (Å²) < 4.78 is 11.9. The van der Waals surface area contributed by atoms with Crippen molar-refractivity contribution in [2.45, 2.75) is 19.1 Å². The van der Waals surface area contributed by atoms with Gasteiger partial charge in [-0.05, 0) is 46.6 Å². The number of benzene rings is 1. The highest BCUT2D eigenvalue weighted by atomic mass is 79.9. The summed E-state index contributed by atoms with van der Waals surface area (Å²) in [6, 6.07) is 6.15. The summed E-state index contributed by atoms with van der Waals surface area (Å²) in [5, 5.41) is 6.78. The zero-order chi connectivity index (χ0) is 13.5. The van der Waals surface area contributed by atoms with Crippen molar-refractivity contribution in [2.24, 2.45) is 0 Å². The largest absolute Gasteiger partial charge is 0.496 e. The Hall–Kier alpha value is -0.620. The molecule has 5 heteroatoms. The number of rotatable bonds is 6. The molecule has 1 heterocycles. The molecule has 1 aliphatic rings. The van der Waals surface area contributed by atoms with Crippen molar-refractivity contribution in [2.75, 3.05) is 33.4 Å². The van der Waals surface area contributed by atoms with Crippen LogP contribution in [0, 0.1) is 0 Å². The third kappa shape index (κ3) is 4.76. The Morgan fingerprint density at radius 3 is 3.11 bits per heavy atom. The highest BCUT2D eigenvalue weighted by Crippen LogP contribution is 2.25. The normalized spacial score (nSPS) is 19.4. The highest BCUT2D eigenvalue weighted by Gasteiger charge is 2.12. The van der Waals surface area contributed by atoms with Gasteiger partial charge in [0.15, 0.2) is 0 Å². The Morgan fingerprint density at radius 2 is 2.42 bits per heavy atom. The number of nitrogens with one attached hydrogen (secondary N) is 2. The molecule has 2 N–H and O–H groups in total. The number of hydrogen-bond acceptors (Lipinski definition) is 4. The van der Waals surface area contributed by atoms with Crippen molar-refractivity contribution in [3.63, 3.8) is 0 Å². The maximum absolute atomic E-state index is 5.65. The van der Waals surface area contributed by atoms with Crippen molar-refractivity contribution < 1.29 is 9.47 Å². The Kier molecular flexibility index (Phi) is 6.10. The fourth-order valence-corrected chi connectivity index (χ4v) is 2.71. The van der Waals surface area contributed by atoms with Gasteiger partial charge < -0.3 is 20.1 Å². The fourth-order valence-electron chi connectivity index (χ4n) is 2.12. The zero-order valence-corrected chi connectivity index (χ0v) is 12.8. The van der Waals surface area contributed by atoms with Gasteiger partial charge in [-0.15, -0.1) is 0 Å². The van der Waals surface area contributed by atoms with Crippen LogP contribution < -0.4 is 15.4 Å². The average molecular weight is 329 g/mol. The van der Waals surface area contributed by atoms with E-state index in [1.807, 2.05) is 6.07 Å². The van der Waals surface area contributed by atoms with Gasteiger partial charge in [-0.1, -0.05) is 6.07 Å².